The van der Waals surface area contributed by atoms with Crippen molar-refractivity contribution in [2.75, 3.05) is 11.9 Å². The summed E-state index contributed by atoms with van der Waals surface area (Å²) >= 11 is 1.57. The maximum Gasteiger partial charge on any atom is 0.341 e. The SMILES string of the molecule is CCCOC(=O)c1c(NC(=O)[C@@H]2C[C@@H]2c2ccccc2)sc2c1CC[C@@H](C)C2. The van der Waals surface area contributed by atoms with Gasteiger partial charge in [0.2, 0.25) is 5.91 Å². The number of nitrogens with one attached hydrogen (secondary N) is 1. The number of carbonyl (C=O) groups excluding carboxylic acids is 2. The van der Waals surface area contributed by atoms with E-state index in [1.54, 1.807) is 11.3 Å². The Morgan fingerprint density at radius 3 is 2.79 bits per heavy atom. The first kappa shape index (κ1) is 19.2. The Bertz CT molecular complexity index is 873. The first-order valence-electron chi connectivity index (χ1n) is 10.3. The minimum absolute atomic E-state index is 0.0139. The molecule has 2 aromatic rings. The van der Waals surface area contributed by atoms with Crippen LogP contribution in [0.15, 0.2) is 30.3 Å². The zero-order valence-electron chi connectivity index (χ0n) is 16.5. The molecule has 1 fully saturated rings. The fourth-order valence-electron chi connectivity index (χ4n) is 4.08. The molecule has 0 aliphatic heterocycles. The van der Waals surface area contributed by atoms with E-state index in [9.17, 15) is 9.59 Å². The normalized spacial score (nSPS) is 23.0. The van der Waals surface area contributed by atoms with Gasteiger partial charge in [0.15, 0.2) is 0 Å². The van der Waals surface area contributed by atoms with E-state index in [0.29, 0.717) is 23.1 Å². The summed E-state index contributed by atoms with van der Waals surface area (Å²) < 4.78 is 5.43. The third-order valence-corrected chi connectivity index (χ3v) is 6.91. The molecule has 1 N–H and O–H groups in total. The number of rotatable bonds is 6. The molecule has 1 aromatic heterocycles. The molecule has 1 saturated carbocycles. The molecule has 1 aromatic carbocycles. The van der Waals surface area contributed by atoms with Crippen molar-refractivity contribution in [3.8, 4) is 0 Å². The summed E-state index contributed by atoms with van der Waals surface area (Å²) in [4.78, 5) is 26.8. The molecule has 0 unspecified atom stereocenters. The van der Waals surface area contributed by atoms with Gasteiger partial charge in [-0.05, 0) is 55.1 Å². The van der Waals surface area contributed by atoms with E-state index >= 15 is 0 Å². The van der Waals surface area contributed by atoms with Crippen molar-refractivity contribution in [1.82, 2.24) is 0 Å². The molecule has 2 aliphatic rings. The van der Waals surface area contributed by atoms with E-state index in [0.717, 1.165) is 37.7 Å². The van der Waals surface area contributed by atoms with E-state index in [2.05, 4.69) is 24.4 Å². The second-order valence-electron chi connectivity index (χ2n) is 8.04. The van der Waals surface area contributed by atoms with Gasteiger partial charge < -0.3 is 10.1 Å². The van der Waals surface area contributed by atoms with Crippen LogP contribution in [0.1, 0.15) is 65.4 Å². The van der Waals surface area contributed by atoms with Gasteiger partial charge in [-0.25, -0.2) is 4.79 Å². The van der Waals surface area contributed by atoms with Crippen molar-refractivity contribution >= 4 is 28.2 Å². The zero-order chi connectivity index (χ0) is 19.7. The smallest absolute Gasteiger partial charge is 0.341 e. The van der Waals surface area contributed by atoms with Gasteiger partial charge in [-0.2, -0.15) is 0 Å². The van der Waals surface area contributed by atoms with Crippen LogP contribution in [-0.2, 0) is 22.4 Å². The number of hydrogen-bond acceptors (Lipinski definition) is 4. The van der Waals surface area contributed by atoms with Crippen LogP contribution in [0, 0.1) is 11.8 Å². The van der Waals surface area contributed by atoms with Crippen molar-refractivity contribution in [2.24, 2.45) is 11.8 Å². The number of thiophene rings is 1. The molecule has 0 radical (unpaired) electrons. The summed E-state index contributed by atoms with van der Waals surface area (Å²) in [6, 6.07) is 10.2. The van der Waals surface area contributed by atoms with Crippen LogP contribution in [0.2, 0.25) is 0 Å². The minimum atomic E-state index is -0.292. The molecule has 2 aliphatic carbocycles. The van der Waals surface area contributed by atoms with Crippen molar-refractivity contribution in [3.63, 3.8) is 0 Å². The molecule has 1 amide bonds. The molecular weight excluding hydrogens is 370 g/mol. The van der Waals surface area contributed by atoms with E-state index in [-0.39, 0.29) is 23.7 Å². The van der Waals surface area contributed by atoms with E-state index in [4.69, 9.17) is 4.74 Å². The third-order valence-electron chi connectivity index (χ3n) is 5.74. The van der Waals surface area contributed by atoms with Gasteiger partial charge in [0.05, 0.1) is 12.2 Å². The number of hydrogen-bond donors (Lipinski definition) is 1. The number of amides is 1. The van der Waals surface area contributed by atoms with Crippen LogP contribution in [0.3, 0.4) is 0 Å². The molecule has 1 heterocycles. The largest absolute Gasteiger partial charge is 0.462 e. The summed E-state index contributed by atoms with van der Waals surface area (Å²) in [6.45, 7) is 4.63. The highest BCUT2D eigenvalue weighted by Crippen LogP contribution is 2.48. The maximum atomic E-state index is 12.9. The fourth-order valence-corrected chi connectivity index (χ4v) is 5.48. The summed E-state index contributed by atoms with van der Waals surface area (Å²) in [6.07, 6.45) is 4.59. The molecule has 4 nitrogen and oxygen atoms in total. The summed E-state index contributed by atoms with van der Waals surface area (Å²) in [5, 5.41) is 3.76. The molecule has 4 rings (SSSR count). The third kappa shape index (κ3) is 3.86. The van der Waals surface area contributed by atoms with Crippen LogP contribution in [0.5, 0.6) is 0 Å². The Balaban J connectivity index is 1.54. The van der Waals surface area contributed by atoms with Crippen molar-refractivity contribution in [1.29, 1.82) is 0 Å². The first-order chi connectivity index (χ1) is 13.6. The molecule has 5 heteroatoms. The second-order valence-corrected chi connectivity index (χ2v) is 9.15. The monoisotopic (exact) mass is 397 g/mol. The Kier molecular flexibility index (Phi) is 5.54. The number of ether oxygens (including phenoxy) is 1. The lowest BCUT2D eigenvalue weighted by Crippen LogP contribution is -2.18. The first-order valence-corrected chi connectivity index (χ1v) is 11.1. The summed E-state index contributed by atoms with van der Waals surface area (Å²) in [7, 11) is 0. The summed E-state index contributed by atoms with van der Waals surface area (Å²) in [5.74, 6) is 0.607. The summed E-state index contributed by atoms with van der Waals surface area (Å²) in [5.41, 5.74) is 2.91. The van der Waals surface area contributed by atoms with Gasteiger partial charge in [-0.1, -0.05) is 44.2 Å². The van der Waals surface area contributed by atoms with Crippen LogP contribution >= 0.6 is 11.3 Å². The number of carbonyl (C=O) groups is 2. The van der Waals surface area contributed by atoms with E-state index < -0.39 is 0 Å². The second kappa shape index (κ2) is 8.08. The highest BCUT2D eigenvalue weighted by atomic mass is 32.1. The number of fused-ring (bicyclic) bond motifs is 1. The predicted octanol–water partition coefficient (Wildman–Crippen LogP) is 5.18. The van der Waals surface area contributed by atoms with E-state index in [1.165, 1.54) is 10.4 Å². The van der Waals surface area contributed by atoms with Crippen molar-refractivity contribution in [3.05, 3.63) is 51.9 Å². The quantitative estimate of drug-likeness (QED) is 0.683. The number of benzene rings is 1. The van der Waals surface area contributed by atoms with Crippen LogP contribution < -0.4 is 5.32 Å². The lowest BCUT2D eigenvalue weighted by atomic mass is 9.88. The molecule has 0 spiro atoms. The molecule has 0 saturated heterocycles. The maximum absolute atomic E-state index is 12.9. The zero-order valence-corrected chi connectivity index (χ0v) is 17.3. The van der Waals surface area contributed by atoms with Crippen molar-refractivity contribution in [2.45, 2.75) is 51.9 Å². The fraction of sp³-hybridized carbons (Fsp3) is 0.478. The Morgan fingerprint density at radius 1 is 1.25 bits per heavy atom. The number of anilines is 1. The van der Waals surface area contributed by atoms with Crippen LogP contribution in [-0.4, -0.2) is 18.5 Å². The number of esters is 1. The van der Waals surface area contributed by atoms with Gasteiger partial charge in [-0.3, -0.25) is 4.79 Å². The lowest BCUT2D eigenvalue weighted by Gasteiger charge is -2.18. The van der Waals surface area contributed by atoms with Gasteiger partial charge >= 0.3 is 5.97 Å². The predicted molar refractivity (Wildman–Crippen MR) is 112 cm³/mol. The Labute approximate surface area is 170 Å². The molecule has 28 heavy (non-hydrogen) atoms. The standard InChI is InChI=1S/C23H27NO3S/c1-3-11-27-23(26)20-16-10-9-14(2)12-19(16)28-22(20)24-21(25)18-13-17(18)15-7-5-4-6-8-15/h4-8,14,17-18H,3,9-13H2,1-2H3,(H,24,25)/t14-,17-,18-/m1/s1. The van der Waals surface area contributed by atoms with Crippen LogP contribution in [0.4, 0.5) is 5.00 Å². The topological polar surface area (TPSA) is 55.4 Å². The van der Waals surface area contributed by atoms with Gasteiger partial charge in [0.25, 0.3) is 0 Å². The van der Waals surface area contributed by atoms with E-state index in [1.807, 2.05) is 25.1 Å². The van der Waals surface area contributed by atoms with Crippen molar-refractivity contribution < 1.29 is 14.3 Å². The van der Waals surface area contributed by atoms with Gasteiger partial charge in [0.1, 0.15) is 5.00 Å². The molecule has 3 atom stereocenters. The molecule has 148 valence electrons. The average Bonchev–Trinajstić information content (AvgIpc) is 3.43. The Hall–Kier alpha value is -2.14. The molecule has 0 bridgehead atoms. The average molecular weight is 398 g/mol. The molecular formula is C23H27NO3S. The van der Waals surface area contributed by atoms with Crippen LogP contribution in [0.25, 0.3) is 0 Å². The lowest BCUT2D eigenvalue weighted by molar-refractivity contribution is -0.117. The Morgan fingerprint density at radius 2 is 2.04 bits per heavy atom. The highest BCUT2D eigenvalue weighted by molar-refractivity contribution is 7.17. The highest BCUT2D eigenvalue weighted by Gasteiger charge is 2.44. The minimum Gasteiger partial charge on any atom is -0.462 e. The van der Waals surface area contributed by atoms with Gasteiger partial charge in [0, 0.05) is 10.8 Å². The van der Waals surface area contributed by atoms with Gasteiger partial charge in [-0.15, -0.1) is 11.3 Å².